The van der Waals surface area contributed by atoms with Crippen LogP contribution in [0.15, 0.2) is 42.5 Å². The van der Waals surface area contributed by atoms with E-state index >= 15 is 0 Å². The maximum atomic E-state index is 10.8. The van der Waals surface area contributed by atoms with Crippen molar-refractivity contribution in [2.45, 2.75) is 38.2 Å². The molecule has 1 unspecified atom stereocenters. The summed E-state index contributed by atoms with van der Waals surface area (Å²) < 4.78 is 0. The number of halogens is 1. The molecule has 1 aliphatic carbocycles. The number of aliphatic hydroxyl groups excluding tert-OH is 1. The van der Waals surface area contributed by atoms with Gasteiger partial charge < -0.3 is 5.11 Å². The largest absolute Gasteiger partial charge is 0.384 e. The molecule has 2 heteroatoms. The Bertz CT molecular complexity index is 617. The van der Waals surface area contributed by atoms with Crippen molar-refractivity contribution in [2.75, 3.05) is 0 Å². The minimum atomic E-state index is -0.566. The van der Waals surface area contributed by atoms with E-state index < -0.39 is 6.10 Å². The van der Waals surface area contributed by atoms with Gasteiger partial charge in [-0.3, -0.25) is 0 Å². The van der Waals surface area contributed by atoms with Crippen molar-refractivity contribution in [1.29, 1.82) is 0 Å². The lowest BCUT2D eigenvalue weighted by molar-refractivity contribution is 0.216. The first-order valence-electron chi connectivity index (χ1n) is 7.20. The van der Waals surface area contributed by atoms with Crippen LogP contribution in [0.5, 0.6) is 0 Å². The van der Waals surface area contributed by atoms with E-state index in [0.29, 0.717) is 10.9 Å². The second-order valence-corrected chi connectivity index (χ2v) is 6.10. The molecule has 1 nitrogen and oxygen atoms in total. The fourth-order valence-electron chi connectivity index (χ4n) is 2.96. The zero-order valence-electron chi connectivity index (χ0n) is 11.6. The van der Waals surface area contributed by atoms with Gasteiger partial charge in [0.2, 0.25) is 0 Å². The zero-order valence-corrected chi connectivity index (χ0v) is 12.4. The summed E-state index contributed by atoms with van der Waals surface area (Å²) in [6.45, 7) is 2.00. The normalized spacial score (nSPS) is 16.8. The van der Waals surface area contributed by atoms with Gasteiger partial charge in [-0.1, -0.05) is 48.4 Å². The fraction of sp³-hybridized carbons (Fsp3) is 0.333. The van der Waals surface area contributed by atoms with Crippen LogP contribution in [0, 0.1) is 6.92 Å². The minimum absolute atomic E-state index is 0.566. The number of hydrogen-bond donors (Lipinski definition) is 1. The minimum Gasteiger partial charge on any atom is -0.384 e. The van der Waals surface area contributed by atoms with E-state index in [4.69, 9.17) is 11.6 Å². The van der Waals surface area contributed by atoms with Crippen LogP contribution in [-0.2, 0) is 0 Å². The molecule has 0 bridgehead atoms. The van der Waals surface area contributed by atoms with Gasteiger partial charge in [-0.05, 0) is 60.1 Å². The first-order valence-corrected chi connectivity index (χ1v) is 7.57. The zero-order chi connectivity index (χ0) is 14.1. The van der Waals surface area contributed by atoms with Gasteiger partial charge in [-0.15, -0.1) is 0 Å². The van der Waals surface area contributed by atoms with E-state index in [1.54, 1.807) is 0 Å². The standard InChI is InChI=1S/C18H19ClO/c1-12-11-14(19)9-10-15(12)18(20)17-8-3-2-7-16(17)13-5-4-6-13/h2-3,7-11,13,18,20H,4-6H2,1H3. The summed E-state index contributed by atoms with van der Waals surface area (Å²) in [6.07, 6.45) is 3.21. The van der Waals surface area contributed by atoms with Crippen LogP contribution < -0.4 is 0 Å². The molecule has 1 saturated carbocycles. The van der Waals surface area contributed by atoms with Gasteiger partial charge in [0.15, 0.2) is 0 Å². The molecule has 0 amide bonds. The van der Waals surface area contributed by atoms with Crippen molar-refractivity contribution in [1.82, 2.24) is 0 Å². The predicted octanol–water partition coefficient (Wildman–Crippen LogP) is 5.00. The lowest BCUT2D eigenvalue weighted by atomic mass is 9.77. The Morgan fingerprint density at radius 2 is 1.85 bits per heavy atom. The molecule has 2 aromatic carbocycles. The third kappa shape index (κ3) is 2.48. The van der Waals surface area contributed by atoms with Gasteiger partial charge in [0, 0.05) is 5.02 Å². The summed E-state index contributed by atoms with van der Waals surface area (Å²) in [6, 6.07) is 14.0. The molecule has 0 heterocycles. The van der Waals surface area contributed by atoms with Gasteiger partial charge in [0.1, 0.15) is 6.10 Å². The van der Waals surface area contributed by atoms with Crippen LogP contribution in [0.25, 0.3) is 0 Å². The van der Waals surface area contributed by atoms with Crippen LogP contribution in [0.3, 0.4) is 0 Å². The predicted molar refractivity (Wildman–Crippen MR) is 83.3 cm³/mol. The van der Waals surface area contributed by atoms with Crippen LogP contribution >= 0.6 is 11.6 Å². The highest BCUT2D eigenvalue weighted by molar-refractivity contribution is 6.30. The van der Waals surface area contributed by atoms with Crippen LogP contribution in [-0.4, -0.2) is 5.11 Å². The van der Waals surface area contributed by atoms with E-state index in [2.05, 4.69) is 12.1 Å². The van der Waals surface area contributed by atoms with Crippen molar-refractivity contribution < 1.29 is 5.11 Å². The number of hydrogen-bond acceptors (Lipinski definition) is 1. The van der Waals surface area contributed by atoms with Gasteiger partial charge in [-0.25, -0.2) is 0 Å². The molecular weight excluding hydrogens is 268 g/mol. The highest BCUT2D eigenvalue weighted by Crippen LogP contribution is 2.41. The highest BCUT2D eigenvalue weighted by Gasteiger charge is 2.25. The lowest BCUT2D eigenvalue weighted by Gasteiger charge is -2.29. The van der Waals surface area contributed by atoms with Gasteiger partial charge in [-0.2, -0.15) is 0 Å². The maximum Gasteiger partial charge on any atom is 0.105 e. The molecule has 1 N–H and O–H groups in total. The summed E-state index contributed by atoms with van der Waals surface area (Å²) in [7, 11) is 0. The Morgan fingerprint density at radius 3 is 2.50 bits per heavy atom. The summed E-state index contributed by atoms with van der Waals surface area (Å²) in [5.74, 6) is 0.619. The number of rotatable bonds is 3. The van der Waals surface area contributed by atoms with Crippen molar-refractivity contribution in [3.05, 3.63) is 69.7 Å². The Balaban J connectivity index is 1.99. The van der Waals surface area contributed by atoms with Crippen LogP contribution in [0.4, 0.5) is 0 Å². The molecule has 1 aliphatic rings. The molecule has 1 atom stereocenters. The van der Waals surface area contributed by atoms with E-state index in [-0.39, 0.29) is 0 Å². The quantitative estimate of drug-likeness (QED) is 0.842. The summed E-state index contributed by atoms with van der Waals surface area (Å²) in [5, 5.41) is 11.5. The van der Waals surface area contributed by atoms with Crippen LogP contribution in [0.2, 0.25) is 5.02 Å². The average Bonchev–Trinajstić information content (AvgIpc) is 2.37. The average molecular weight is 287 g/mol. The summed E-state index contributed by atoms with van der Waals surface area (Å²) >= 11 is 6.00. The van der Waals surface area contributed by atoms with E-state index in [1.807, 2.05) is 37.3 Å². The summed E-state index contributed by atoms with van der Waals surface area (Å²) in [4.78, 5) is 0. The lowest BCUT2D eigenvalue weighted by Crippen LogP contribution is -2.14. The molecule has 20 heavy (non-hydrogen) atoms. The monoisotopic (exact) mass is 286 g/mol. The van der Waals surface area contributed by atoms with E-state index in [1.165, 1.54) is 24.8 Å². The Labute approximate surface area is 125 Å². The maximum absolute atomic E-state index is 10.8. The number of aryl methyl sites for hydroxylation is 1. The van der Waals surface area contributed by atoms with Crippen molar-refractivity contribution in [2.24, 2.45) is 0 Å². The molecular formula is C18H19ClO. The molecule has 3 rings (SSSR count). The van der Waals surface area contributed by atoms with Gasteiger partial charge >= 0.3 is 0 Å². The Morgan fingerprint density at radius 1 is 1.10 bits per heavy atom. The molecule has 0 saturated heterocycles. The van der Waals surface area contributed by atoms with Crippen molar-refractivity contribution >= 4 is 11.6 Å². The third-order valence-corrected chi connectivity index (χ3v) is 4.60. The number of benzene rings is 2. The first kappa shape index (κ1) is 13.7. The highest BCUT2D eigenvalue weighted by atomic mass is 35.5. The van der Waals surface area contributed by atoms with Gasteiger partial charge in [0.05, 0.1) is 0 Å². The second-order valence-electron chi connectivity index (χ2n) is 5.66. The van der Waals surface area contributed by atoms with Gasteiger partial charge in [0.25, 0.3) is 0 Å². The molecule has 2 aromatic rings. The smallest absolute Gasteiger partial charge is 0.105 e. The van der Waals surface area contributed by atoms with E-state index in [9.17, 15) is 5.11 Å². The fourth-order valence-corrected chi connectivity index (χ4v) is 3.19. The molecule has 1 fully saturated rings. The van der Waals surface area contributed by atoms with Crippen LogP contribution in [0.1, 0.15) is 53.5 Å². The van der Waals surface area contributed by atoms with Crippen molar-refractivity contribution in [3.8, 4) is 0 Å². The molecule has 0 aliphatic heterocycles. The molecule has 0 spiro atoms. The first-order chi connectivity index (χ1) is 9.66. The number of aliphatic hydroxyl groups is 1. The SMILES string of the molecule is Cc1cc(Cl)ccc1C(O)c1ccccc1C1CCC1. The summed E-state index contributed by atoms with van der Waals surface area (Å²) in [5.41, 5.74) is 4.33. The Hall–Kier alpha value is -1.31. The second kappa shape index (κ2) is 5.59. The van der Waals surface area contributed by atoms with Crippen molar-refractivity contribution in [3.63, 3.8) is 0 Å². The molecule has 0 aromatic heterocycles. The molecule has 0 radical (unpaired) electrons. The van der Waals surface area contributed by atoms with E-state index in [0.717, 1.165) is 16.7 Å². The Kier molecular flexibility index (Phi) is 3.82. The molecule has 104 valence electrons. The topological polar surface area (TPSA) is 20.2 Å². The third-order valence-electron chi connectivity index (χ3n) is 4.36.